The maximum atomic E-state index is 10.8. The summed E-state index contributed by atoms with van der Waals surface area (Å²) >= 11 is 4.41. The van der Waals surface area contributed by atoms with Crippen molar-refractivity contribution in [2.75, 3.05) is 13.1 Å². The average molecular weight is 206 g/mol. The van der Waals surface area contributed by atoms with Crippen molar-refractivity contribution in [1.82, 2.24) is 16.2 Å². The fourth-order valence-corrected chi connectivity index (χ4v) is 0.509. The van der Waals surface area contributed by atoms with E-state index in [0.29, 0.717) is 0 Å². The van der Waals surface area contributed by atoms with Crippen LogP contribution < -0.4 is 21.9 Å². The van der Waals surface area contributed by atoms with Gasteiger partial charge >= 0.3 is 5.97 Å². The van der Waals surface area contributed by atoms with Crippen molar-refractivity contribution in [2.24, 2.45) is 5.73 Å². The Labute approximate surface area is 79.6 Å². The van der Waals surface area contributed by atoms with E-state index in [0.717, 1.165) is 0 Å². The molecule has 0 atom stereocenters. The number of thiocarbonyl (C=S) groups is 1. The van der Waals surface area contributed by atoms with Crippen LogP contribution in [0.4, 0.5) is 0 Å². The molecule has 0 aliphatic rings. The number of hydrogen-bond donors (Lipinski definition) is 5. The fraction of sp³-hybridized carbons (Fsp3) is 0.400. The lowest BCUT2D eigenvalue weighted by Gasteiger charge is -2.05. The summed E-state index contributed by atoms with van der Waals surface area (Å²) in [5.74, 6) is -1.48. The summed E-state index contributed by atoms with van der Waals surface area (Å²) in [7, 11) is 0. The fourth-order valence-electron chi connectivity index (χ4n) is 0.458. The number of aliphatic carboxylic acids is 1. The molecule has 0 aliphatic carbocycles. The van der Waals surface area contributed by atoms with Crippen LogP contribution in [0.1, 0.15) is 0 Å². The minimum absolute atomic E-state index is 0.0633. The summed E-state index contributed by atoms with van der Waals surface area (Å²) in [4.78, 5) is 20.8. The predicted octanol–water partition coefficient (Wildman–Crippen LogP) is -2.47. The first-order chi connectivity index (χ1) is 6.02. The smallest absolute Gasteiger partial charge is 0.317 e. The highest BCUT2D eigenvalue weighted by atomic mass is 32.1. The number of carboxylic acid groups (broad SMARTS) is 1. The van der Waals surface area contributed by atoms with E-state index in [1.54, 1.807) is 0 Å². The van der Waals surface area contributed by atoms with Gasteiger partial charge in [-0.2, -0.15) is 0 Å². The summed E-state index contributed by atoms with van der Waals surface area (Å²) < 4.78 is 0. The Morgan fingerprint density at radius 1 is 1.31 bits per heavy atom. The molecule has 74 valence electrons. The van der Waals surface area contributed by atoms with Crippen molar-refractivity contribution in [3.63, 3.8) is 0 Å². The van der Waals surface area contributed by atoms with Gasteiger partial charge in [-0.3, -0.25) is 25.8 Å². The number of hydrazine groups is 1. The summed E-state index contributed by atoms with van der Waals surface area (Å²) in [5.41, 5.74) is 9.36. The van der Waals surface area contributed by atoms with Crippen LogP contribution in [0.25, 0.3) is 0 Å². The zero-order valence-electron chi connectivity index (χ0n) is 6.66. The number of rotatable bonds is 4. The van der Waals surface area contributed by atoms with Gasteiger partial charge in [0.15, 0.2) is 5.11 Å². The third-order valence-electron chi connectivity index (χ3n) is 0.887. The number of carboxylic acids is 1. The first kappa shape index (κ1) is 11.6. The van der Waals surface area contributed by atoms with Crippen LogP contribution in [0.5, 0.6) is 0 Å². The molecule has 0 radical (unpaired) electrons. The van der Waals surface area contributed by atoms with Gasteiger partial charge in [0.1, 0.15) is 0 Å². The molecule has 7 nitrogen and oxygen atoms in total. The van der Waals surface area contributed by atoms with Gasteiger partial charge in [0.25, 0.3) is 5.91 Å². The lowest BCUT2D eigenvalue weighted by Crippen LogP contribution is -2.47. The van der Waals surface area contributed by atoms with Crippen LogP contribution in [0.15, 0.2) is 0 Å². The van der Waals surface area contributed by atoms with Gasteiger partial charge < -0.3 is 10.8 Å². The zero-order valence-corrected chi connectivity index (χ0v) is 7.48. The van der Waals surface area contributed by atoms with Crippen molar-refractivity contribution in [2.45, 2.75) is 0 Å². The summed E-state index contributed by atoms with van der Waals surface area (Å²) in [6.07, 6.45) is 0. The van der Waals surface area contributed by atoms with E-state index in [2.05, 4.69) is 28.4 Å². The molecule has 13 heavy (non-hydrogen) atoms. The largest absolute Gasteiger partial charge is 0.480 e. The predicted molar refractivity (Wildman–Crippen MR) is 48.6 cm³/mol. The van der Waals surface area contributed by atoms with Crippen LogP contribution in [-0.2, 0) is 9.59 Å². The van der Waals surface area contributed by atoms with E-state index in [-0.39, 0.29) is 18.2 Å². The summed E-state index contributed by atoms with van der Waals surface area (Å²) in [6.45, 7) is -0.400. The highest BCUT2D eigenvalue weighted by molar-refractivity contribution is 7.80. The Balaban J connectivity index is 3.41. The third-order valence-corrected chi connectivity index (χ3v) is 0.989. The minimum Gasteiger partial charge on any atom is -0.480 e. The van der Waals surface area contributed by atoms with Crippen LogP contribution >= 0.6 is 12.2 Å². The van der Waals surface area contributed by atoms with Gasteiger partial charge in [-0.15, -0.1) is 0 Å². The Kier molecular flexibility index (Phi) is 5.48. The highest BCUT2D eigenvalue weighted by Gasteiger charge is 2.01. The molecule has 0 aromatic carbocycles. The first-order valence-corrected chi connectivity index (χ1v) is 3.70. The molecule has 0 rings (SSSR count). The Bertz CT molecular complexity index is 220. The molecule has 0 heterocycles. The number of carbonyl (C=O) groups is 2. The summed E-state index contributed by atoms with van der Waals surface area (Å²) in [6, 6.07) is 0. The van der Waals surface area contributed by atoms with Gasteiger partial charge in [0, 0.05) is 0 Å². The molecule has 0 spiro atoms. The normalized spacial score (nSPS) is 8.92. The van der Waals surface area contributed by atoms with Gasteiger partial charge in [-0.1, -0.05) is 0 Å². The molecule has 0 saturated carbocycles. The van der Waals surface area contributed by atoms with Gasteiger partial charge in [-0.25, -0.2) is 0 Å². The van der Waals surface area contributed by atoms with Crippen LogP contribution in [0.2, 0.25) is 0 Å². The second-order valence-corrected chi connectivity index (χ2v) is 2.47. The SMILES string of the molecule is NC(=S)NNC(=O)CNCC(=O)O. The Morgan fingerprint density at radius 3 is 2.38 bits per heavy atom. The number of carbonyl (C=O) groups excluding carboxylic acids is 1. The van der Waals surface area contributed by atoms with Gasteiger partial charge in [0.05, 0.1) is 13.1 Å². The van der Waals surface area contributed by atoms with Crippen LogP contribution in [0, 0.1) is 0 Å². The van der Waals surface area contributed by atoms with Crippen LogP contribution in [-0.4, -0.2) is 35.2 Å². The lowest BCUT2D eigenvalue weighted by atomic mass is 10.5. The molecular formula is C5H10N4O3S. The quantitative estimate of drug-likeness (QED) is 0.255. The number of hydrogen-bond acceptors (Lipinski definition) is 4. The van der Waals surface area contributed by atoms with Crippen molar-refractivity contribution < 1.29 is 14.7 Å². The summed E-state index contributed by atoms with van der Waals surface area (Å²) in [5, 5.41) is 10.5. The molecule has 0 aromatic rings. The lowest BCUT2D eigenvalue weighted by molar-refractivity contribution is -0.136. The van der Waals surface area contributed by atoms with Crippen LogP contribution in [0.3, 0.4) is 0 Å². The van der Waals surface area contributed by atoms with E-state index in [1.807, 2.05) is 0 Å². The molecule has 1 amide bonds. The molecule has 8 heteroatoms. The van der Waals surface area contributed by atoms with Gasteiger partial charge in [0.2, 0.25) is 0 Å². The van der Waals surface area contributed by atoms with Crippen molar-refractivity contribution >= 4 is 29.2 Å². The molecule has 0 bridgehead atoms. The molecule has 0 saturated heterocycles. The topological polar surface area (TPSA) is 116 Å². The zero-order chi connectivity index (χ0) is 10.3. The van der Waals surface area contributed by atoms with E-state index in [9.17, 15) is 9.59 Å². The molecule has 0 fully saturated rings. The van der Waals surface area contributed by atoms with Crippen molar-refractivity contribution in [1.29, 1.82) is 0 Å². The van der Waals surface area contributed by atoms with Crippen molar-refractivity contribution in [3.8, 4) is 0 Å². The average Bonchev–Trinajstić information content (AvgIpc) is 2.00. The number of nitrogens with two attached hydrogens (primary N) is 1. The van der Waals surface area contributed by atoms with E-state index in [1.165, 1.54) is 0 Å². The Hall–Kier alpha value is -1.41. The first-order valence-electron chi connectivity index (χ1n) is 3.29. The van der Waals surface area contributed by atoms with E-state index in [4.69, 9.17) is 10.8 Å². The Morgan fingerprint density at radius 2 is 1.92 bits per heavy atom. The molecule has 0 aliphatic heterocycles. The molecule has 6 N–H and O–H groups in total. The number of nitrogens with one attached hydrogen (secondary N) is 3. The van der Waals surface area contributed by atoms with E-state index < -0.39 is 11.9 Å². The monoisotopic (exact) mass is 206 g/mol. The molecule has 0 unspecified atom stereocenters. The van der Waals surface area contributed by atoms with Crippen molar-refractivity contribution in [3.05, 3.63) is 0 Å². The third kappa shape index (κ3) is 8.50. The minimum atomic E-state index is -1.03. The maximum Gasteiger partial charge on any atom is 0.317 e. The molecular weight excluding hydrogens is 196 g/mol. The van der Waals surface area contributed by atoms with E-state index >= 15 is 0 Å². The highest BCUT2D eigenvalue weighted by Crippen LogP contribution is 1.63. The molecule has 0 aromatic heterocycles. The second-order valence-electron chi connectivity index (χ2n) is 2.03. The van der Waals surface area contributed by atoms with Gasteiger partial charge in [-0.05, 0) is 12.2 Å². The number of amides is 1. The standard InChI is InChI=1S/C5H10N4O3S/c6-5(13)9-8-3(10)1-7-2-4(11)12/h7H,1-2H2,(H,8,10)(H,11,12)(H3,6,9,13). The second kappa shape index (κ2) is 6.14. The maximum absolute atomic E-state index is 10.8.